The van der Waals surface area contributed by atoms with Gasteiger partial charge in [-0.05, 0) is 36.1 Å². The Morgan fingerprint density at radius 1 is 1.17 bits per heavy atom. The van der Waals surface area contributed by atoms with Gasteiger partial charge in [0.25, 0.3) is 0 Å². The number of nitrogens with one attached hydrogen (secondary N) is 2. The molecule has 3 rings (SSSR count). The van der Waals surface area contributed by atoms with Crippen LogP contribution in [0.5, 0.6) is 0 Å². The molecule has 2 aromatic carbocycles. The fraction of sp³-hybridized carbons (Fsp3) is 0.316. The molecular weight excluding hydrogens is 324 g/mol. The van der Waals surface area contributed by atoms with Gasteiger partial charge in [-0.2, -0.15) is 0 Å². The van der Waals surface area contributed by atoms with E-state index in [1.165, 1.54) is 5.56 Å². The molecule has 0 radical (unpaired) electrons. The van der Waals surface area contributed by atoms with Crippen LogP contribution in [0.1, 0.15) is 24.0 Å². The molecule has 0 atom stereocenters. The number of rotatable bonds is 7. The zero-order valence-electron chi connectivity index (χ0n) is 13.4. The molecule has 2 aromatic rings. The number of aliphatic hydroxyl groups is 1. The Hall–Kier alpha value is -2.04. The first-order chi connectivity index (χ1) is 11.6. The molecule has 1 fully saturated rings. The van der Waals surface area contributed by atoms with Crippen molar-refractivity contribution in [3.63, 3.8) is 0 Å². The van der Waals surface area contributed by atoms with Gasteiger partial charge >= 0.3 is 0 Å². The predicted octanol–water partition coefficient (Wildman–Crippen LogP) is 3.09. The number of anilines is 1. The number of carbonyl (C=O) groups excluding carboxylic acids is 1. The predicted molar refractivity (Wildman–Crippen MR) is 96.2 cm³/mol. The van der Waals surface area contributed by atoms with Gasteiger partial charge in [-0.1, -0.05) is 48.0 Å². The topological polar surface area (TPSA) is 61.4 Å². The Labute approximate surface area is 146 Å². The minimum absolute atomic E-state index is 0.0579. The van der Waals surface area contributed by atoms with Crippen LogP contribution in [-0.4, -0.2) is 24.1 Å². The van der Waals surface area contributed by atoms with E-state index in [4.69, 9.17) is 16.7 Å². The van der Waals surface area contributed by atoms with Crippen molar-refractivity contribution >= 4 is 23.2 Å². The van der Waals surface area contributed by atoms with Crippen molar-refractivity contribution in [2.45, 2.75) is 24.9 Å². The Bertz CT molecular complexity index is 715. The van der Waals surface area contributed by atoms with E-state index in [-0.39, 0.29) is 24.5 Å². The summed E-state index contributed by atoms with van der Waals surface area (Å²) in [6.45, 7) is 0.749. The zero-order valence-corrected chi connectivity index (χ0v) is 14.1. The molecule has 0 unspecified atom stereocenters. The molecule has 3 N–H and O–H groups in total. The van der Waals surface area contributed by atoms with Crippen molar-refractivity contribution in [3.05, 3.63) is 64.7 Å². The fourth-order valence-corrected chi connectivity index (χ4v) is 3.01. The van der Waals surface area contributed by atoms with Crippen molar-refractivity contribution in [2.24, 2.45) is 0 Å². The number of benzene rings is 2. The maximum Gasteiger partial charge on any atom is 0.239 e. The normalized spacial score (nSPS) is 14.9. The number of carbonyl (C=O) groups is 1. The molecule has 24 heavy (non-hydrogen) atoms. The molecule has 0 spiro atoms. The van der Waals surface area contributed by atoms with Crippen molar-refractivity contribution < 1.29 is 9.90 Å². The highest BCUT2D eigenvalue weighted by molar-refractivity contribution is 6.33. The van der Waals surface area contributed by atoms with Crippen molar-refractivity contribution in [2.75, 3.05) is 18.4 Å². The number of halogens is 1. The molecule has 0 saturated heterocycles. The molecule has 0 aromatic heterocycles. The molecule has 126 valence electrons. The van der Waals surface area contributed by atoms with Gasteiger partial charge in [0.05, 0.1) is 23.9 Å². The first-order valence-corrected chi connectivity index (χ1v) is 8.46. The highest BCUT2D eigenvalue weighted by Crippen LogP contribution is 2.47. The second-order valence-corrected chi connectivity index (χ2v) is 6.66. The van der Waals surface area contributed by atoms with Crippen LogP contribution in [0.15, 0.2) is 48.5 Å². The molecular formula is C19H21ClN2O2. The monoisotopic (exact) mass is 344 g/mol. The van der Waals surface area contributed by atoms with E-state index < -0.39 is 0 Å². The minimum Gasteiger partial charge on any atom is -0.392 e. The third kappa shape index (κ3) is 3.89. The summed E-state index contributed by atoms with van der Waals surface area (Å²) in [4.78, 5) is 12.1. The smallest absolute Gasteiger partial charge is 0.239 e. The molecule has 1 amide bonds. The SMILES string of the molecule is O=C(CNc1cc(CO)ccc1Cl)NCC1(c2ccccc2)CC1. The molecule has 5 heteroatoms. The van der Waals surface area contributed by atoms with Crippen LogP contribution in [0.25, 0.3) is 0 Å². The molecule has 1 aliphatic rings. The quantitative estimate of drug-likeness (QED) is 0.723. The second-order valence-electron chi connectivity index (χ2n) is 6.25. The van der Waals surface area contributed by atoms with Crippen LogP contribution in [0.2, 0.25) is 5.02 Å². The van der Waals surface area contributed by atoms with Crippen molar-refractivity contribution in [1.29, 1.82) is 0 Å². The van der Waals surface area contributed by atoms with Crippen LogP contribution >= 0.6 is 11.6 Å². The van der Waals surface area contributed by atoms with Crippen LogP contribution in [0, 0.1) is 0 Å². The first-order valence-electron chi connectivity index (χ1n) is 8.08. The lowest BCUT2D eigenvalue weighted by Crippen LogP contribution is -2.36. The molecule has 0 aliphatic heterocycles. The third-order valence-electron chi connectivity index (χ3n) is 4.52. The summed E-state index contributed by atoms with van der Waals surface area (Å²) in [5.41, 5.74) is 2.80. The minimum atomic E-state index is -0.0670. The molecule has 1 saturated carbocycles. The van der Waals surface area contributed by atoms with Crippen LogP contribution < -0.4 is 10.6 Å². The van der Waals surface area contributed by atoms with Crippen LogP contribution in [-0.2, 0) is 16.8 Å². The highest BCUT2D eigenvalue weighted by atomic mass is 35.5. The summed E-state index contributed by atoms with van der Waals surface area (Å²) in [5, 5.41) is 15.7. The Morgan fingerprint density at radius 3 is 2.58 bits per heavy atom. The van der Waals surface area contributed by atoms with E-state index in [1.54, 1.807) is 18.2 Å². The van der Waals surface area contributed by atoms with Gasteiger partial charge < -0.3 is 15.7 Å². The van der Waals surface area contributed by atoms with Gasteiger partial charge in [0.2, 0.25) is 5.91 Å². The lowest BCUT2D eigenvalue weighted by atomic mass is 9.96. The lowest BCUT2D eigenvalue weighted by molar-refractivity contribution is -0.119. The number of aliphatic hydroxyl groups excluding tert-OH is 1. The van der Waals surface area contributed by atoms with E-state index in [2.05, 4.69) is 22.8 Å². The summed E-state index contributed by atoms with van der Waals surface area (Å²) in [7, 11) is 0. The van der Waals surface area contributed by atoms with E-state index >= 15 is 0 Å². The highest BCUT2D eigenvalue weighted by Gasteiger charge is 2.44. The van der Waals surface area contributed by atoms with Crippen molar-refractivity contribution in [1.82, 2.24) is 5.32 Å². The van der Waals surface area contributed by atoms with Crippen LogP contribution in [0.3, 0.4) is 0 Å². The average molecular weight is 345 g/mol. The molecule has 1 aliphatic carbocycles. The summed E-state index contributed by atoms with van der Waals surface area (Å²) < 4.78 is 0. The fourth-order valence-electron chi connectivity index (χ4n) is 2.82. The second kappa shape index (κ2) is 7.24. The lowest BCUT2D eigenvalue weighted by Gasteiger charge is -2.17. The van der Waals surface area contributed by atoms with Crippen molar-refractivity contribution in [3.8, 4) is 0 Å². The van der Waals surface area contributed by atoms with Gasteiger partial charge in [-0.15, -0.1) is 0 Å². The number of amides is 1. The number of hydrogen-bond acceptors (Lipinski definition) is 3. The van der Waals surface area contributed by atoms with Gasteiger partial charge in [-0.25, -0.2) is 0 Å². The molecule has 0 heterocycles. The first kappa shape index (κ1) is 16.8. The maximum absolute atomic E-state index is 12.1. The summed E-state index contributed by atoms with van der Waals surface area (Å²) in [6.07, 6.45) is 2.21. The van der Waals surface area contributed by atoms with E-state index in [0.29, 0.717) is 17.3 Å². The Morgan fingerprint density at radius 2 is 1.92 bits per heavy atom. The van der Waals surface area contributed by atoms with E-state index in [0.717, 1.165) is 18.4 Å². The van der Waals surface area contributed by atoms with E-state index in [1.807, 2.05) is 18.2 Å². The summed E-state index contributed by atoms with van der Waals surface area (Å²) >= 11 is 6.10. The van der Waals surface area contributed by atoms with Crippen LogP contribution in [0.4, 0.5) is 5.69 Å². The summed E-state index contributed by atoms with van der Waals surface area (Å²) in [6, 6.07) is 15.5. The third-order valence-corrected chi connectivity index (χ3v) is 4.85. The summed E-state index contributed by atoms with van der Waals surface area (Å²) in [5.74, 6) is -0.0670. The van der Waals surface area contributed by atoms with E-state index in [9.17, 15) is 4.79 Å². The average Bonchev–Trinajstić information content (AvgIpc) is 3.41. The van der Waals surface area contributed by atoms with Gasteiger partial charge in [-0.3, -0.25) is 4.79 Å². The zero-order chi connectivity index (χ0) is 17.0. The molecule has 4 nitrogen and oxygen atoms in total. The molecule has 0 bridgehead atoms. The maximum atomic E-state index is 12.1. The Balaban J connectivity index is 1.52. The van der Waals surface area contributed by atoms with Gasteiger partial charge in [0.15, 0.2) is 0 Å². The van der Waals surface area contributed by atoms with Gasteiger partial charge in [0.1, 0.15) is 0 Å². The Kier molecular flexibility index (Phi) is 5.07. The standard InChI is InChI=1S/C19H21ClN2O2/c20-16-7-6-14(12-23)10-17(16)21-11-18(24)22-13-19(8-9-19)15-4-2-1-3-5-15/h1-7,10,21,23H,8-9,11-13H2,(H,22,24). The largest absolute Gasteiger partial charge is 0.392 e. The number of hydrogen-bond donors (Lipinski definition) is 3. The van der Waals surface area contributed by atoms with Gasteiger partial charge in [0, 0.05) is 12.0 Å².